The largest absolute Gasteiger partial charge is 0.335 e. The number of nitrogens with zero attached hydrogens (tertiary/aromatic N) is 2. The van der Waals surface area contributed by atoms with Crippen molar-refractivity contribution in [2.75, 3.05) is 11.4 Å². The highest BCUT2D eigenvalue weighted by Crippen LogP contribution is 2.45. The van der Waals surface area contributed by atoms with Gasteiger partial charge in [0.25, 0.3) is 15.1 Å². The molecule has 186 valence electrons. The topological polar surface area (TPSA) is 61.5 Å². The molecular weight excluding hydrogens is 509 g/mol. The van der Waals surface area contributed by atoms with Gasteiger partial charge in [-0.3, -0.25) is 4.55 Å². The van der Waals surface area contributed by atoms with Gasteiger partial charge in [-0.25, -0.2) is 0 Å². The van der Waals surface area contributed by atoms with E-state index in [0.717, 1.165) is 34.3 Å². The molecular formula is C28H29N2O3S3+. The first-order valence-corrected chi connectivity index (χ1v) is 15.2. The summed E-state index contributed by atoms with van der Waals surface area (Å²) < 4.78 is 37.6. The molecule has 1 aliphatic carbocycles. The second-order valence-electron chi connectivity index (χ2n) is 8.81. The van der Waals surface area contributed by atoms with Gasteiger partial charge in [0.15, 0.2) is 0 Å². The fraction of sp³-hybridized carbons (Fsp3) is 0.250. The normalized spacial score (nSPS) is 20.6. The van der Waals surface area contributed by atoms with Crippen molar-refractivity contribution >= 4 is 55.2 Å². The van der Waals surface area contributed by atoms with Gasteiger partial charge in [0.1, 0.15) is 11.2 Å². The minimum atomic E-state index is -4.16. The molecule has 1 atom stereocenters. The van der Waals surface area contributed by atoms with Crippen LogP contribution >= 0.6 is 23.1 Å². The molecule has 0 saturated carbocycles. The first-order chi connectivity index (χ1) is 17.4. The number of aromatic nitrogens is 1. The van der Waals surface area contributed by atoms with Crippen molar-refractivity contribution in [2.24, 2.45) is 0 Å². The van der Waals surface area contributed by atoms with Gasteiger partial charge >= 0.3 is 0 Å². The van der Waals surface area contributed by atoms with Gasteiger partial charge in [-0.15, -0.1) is 0 Å². The Morgan fingerprint density at radius 1 is 1.06 bits per heavy atom. The summed E-state index contributed by atoms with van der Waals surface area (Å²) in [6, 6.07) is 16.6. The smallest absolute Gasteiger partial charge is 0.268 e. The zero-order chi connectivity index (χ0) is 25.3. The van der Waals surface area contributed by atoms with Crippen molar-refractivity contribution in [1.82, 2.24) is 0 Å². The quantitative estimate of drug-likeness (QED) is 0.284. The molecule has 2 aliphatic rings. The van der Waals surface area contributed by atoms with E-state index in [-0.39, 0.29) is 0 Å². The van der Waals surface area contributed by atoms with Gasteiger partial charge in [0, 0.05) is 23.6 Å². The maximum Gasteiger partial charge on any atom is 0.268 e. The van der Waals surface area contributed by atoms with Crippen LogP contribution in [0.3, 0.4) is 0 Å². The number of allylic oxidation sites excluding steroid dienone is 6. The molecule has 36 heavy (non-hydrogen) atoms. The molecule has 0 amide bonds. The number of para-hydroxylation sites is 2. The average Bonchev–Trinajstić information content (AvgIpc) is 3.42. The fourth-order valence-corrected chi connectivity index (χ4v) is 7.82. The van der Waals surface area contributed by atoms with Crippen LogP contribution in [-0.4, -0.2) is 24.8 Å². The van der Waals surface area contributed by atoms with E-state index < -0.39 is 15.4 Å². The lowest BCUT2D eigenvalue weighted by molar-refractivity contribution is -0.665. The Morgan fingerprint density at radius 2 is 1.83 bits per heavy atom. The number of hydrogen-bond acceptors (Lipinski definition) is 5. The van der Waals surface area contributed by atoms with Gasteiger partial charge in [0.2, 0.25) is 5.52 Å². The SMILES string of the molecule is CCN1/C(=C/C=C2C=C(/C=C/c3sc4ccccc4[n+]3CC)CC(S(=O)(=O)O)C/2)Sc2ccccc21. The minimum absolute atomic E-state index is 0.293. The highest BCUT2D eigenvalue weighted by Gasteiger charge is 2.28. The summed E-state index contributed by atoms with van der Waals surface area (Å²) in [6.45, 7) is 5.95. The third-order valence-corrected chi connectivity index (χ3v) is 9.94. The number of anilines is 1. The molecule has 0 fully saturated rings. The Morgan fingerprint density at radius 3 is 2.61 bits per heavy atom. The average molecular weight is 538 g/mol. The van der Waals surface area contributed by atoms with Gasteiger partial charge in [-0.1, -0.05) is 65.6 Å². The summed E-state index contributed by atoms with van der Waals surface area (Å²) in [5.74, 6) is 0. The predicted octanol–water partition coefficient (Wildman–Crippen LogP) is 6.60. The number of hydrogen-bond donors (Lipinski definition) is 1. The summed E-state index contributed by atoms with van der Waals surface area (Å²) in [5, 5.41) is 1.38. The van der Waals surface area contributed by atoms with Crippen molar-refractivity contribution in [3.8, 4) is 0 Å². The first kappa shape index (κ1) is 25.0. The van der Waals surface area contributed by atoms with E-state index in [1.807, 2.05) is 36.4 Å². The molecule has 0 bridgehead atoms. The van der Waals surface area contributed by atoms with Crippen LogP contribution in [0.4, 0.5) is 5.69 Å². The minimum Gasteiger partial charge on any atom is -0.335 e. The zero-order valence-corrected chi connectivity index (χ0v) is 22.7. The molecule has 2 heterocycles. The van der Waals surface area contributed by atoms with Crippen molar-refractivity contribution in [2.45, 2.75) is 43.4 Å². The van der Waals surface area contributed by atoms with E-state index in [0.29, 0.717) is 12.8 Å². The van der Waals surface area contributed by atoms with E-state index in [2.05, 4.69) is 65.8 Å². The molecule has 0 saturated heterocycles. The van der Waals surface area contributed by atoms with E-state index in [4.69, 9.17) is 0 Å². The van der Waals surface area contributed by atoms with E-state index in [9.17, 15) is 13.0 Å². The molecule has 0 spiro atoms. The molecule has 5 nitrogen and oxygen atoms in total. The van der Waals surface area contributed by atoms with Crippen LogP contribution in [0.15, 0.2) is 93.9 Å². The van der Waals surface area contributed by atoms with E-state index in [1.54, 1.807) is 23.1 Å². The summed E-state index contributed by atoms with van der Waals surface area (Å²) in [7, 11) is -4.16. The van der Waals surface area contributed by atoms with Gasteiger partial charge in [-0.05, 0) is 62.1 Å². The summed E-state index contributed by atoms with van der Waals surface area (Å²) in [4.78, 5) is 3.48. The Kier molecular flexibility index (Phi) is 7.21. The van der Waals surface area contributed by atoms with Crippen LogP contribution < -0.4 is 9.47 Å². The highest BCUT2D eigenvalue weighted by atomic mass is 32.2. The summed E-state index contributed by atoms with van der Waals surface area (Å²) in [6.07, 6.45) is 10.8. The number of thiazole rings is 1. The highest BCUT2D eigenvalue weighted by molar-refractivity contribution is 8.03. The Hall–Kier alpha value is -2.65. The van der Waals surface area contributed by atoms with Crippen LogP contribution in [0.25, 0.3) is 16.3 Å². The predicted molar refractivity (Wildman–Crippen MR) is 151 cm³/mol. The summed E-state index contributed by atoms with van der Waals surface area (Å²) >= 11 is 3.43. The van der Waals surface area contributed by atoms with Crippen molar-refractivity contribution in [1.29, 1.82) is 0 Å². The third-order valence-electron chi connectivity index (χ3n) is 6.50. The van der Waals surface area contributed by atoms with E-state index in [1.165, 1.54) is 20.8 Å². The van der Waals surface area contributed by atoms with Gasteiger partial charge < -0.3 is 4.90 Å². The maximum atomic E-state index is 12.1. The van der Waals surface area contributed by atoms with Crippen LogP contribution in [0.5, 0.6) is 0 Å². The van der Waals surface area contributed by atoms with Crippen LogP contribution in [0.2, 0.25) is 0 Å². The Balaban J connectivity index is 1.47. The molecule has 1 unspecified atom stereocenters. The summed E-state index contributed by atoms with van der Waals surface area (Å²) in [5.41, 5.74) is 4.17. The van der Waals surface area contributed by atoms with Crippen LogP contribution in [-0.2, 0) is 16.7 Å². The zero-order valence-electron chi connectivity index (χ0n) is 20.3. The first-order valence-electron chi connectivity index (χ1n) is 12.1. The van der Waals surface area contributed by atoms with Crippen molar-refractivity contribution < 1.29 is 17.5 Å². The van der Waals surface area contributed by atoms with E-state index >= 15 is 0 Å². The van der Waals surface area contributed by atoms with Crippen molar-refractivity contribution in [3.63, 3.8) is 0 Å². The molecule has 1 aromatic heterocycles. The lowest BCUT2D eigenvalue weighted by Gasteiger charge is -2.21. The molecule has 3 aromatic rings. The number of benzene rings is 2. The van der Waals surface area contributed by atoms with Crippen LogP contribution in [0.1, 0.15) is 31.7 Å². The Labute approximate surface area is 220 Å². The number of fused-ring (bicyclic) bond motifs is 2. The maximum absolute atomic E-state index is 12.1. The van der Waals surface area contributed by atoms with Crippen LogP contribution in [0, 0.1) is 0 Å². The molecule has 8 heteroatoms. The third kappa shape index (κ3) is 5.09. The lowest BCUT2D eigenvalue weighted by atomic mass is 9.94. The lowest BCUT2D eigenvalue weighted by Crippen LogP contribution is -2.33. The monoisotopic (exact) mass is 537 g/mol. The number of thioether (sulfide) groups is 1. The Bertz CT molecular complexity index is 1530. The van der Waals surface area contributed by atoms with Gasteiger partial charge in [-0.2, -0.15) is 13.0 Å². The standard InChI is InChI=1S/C28H28N2O3S3/c1-3-29-23-9-5-7-11-25(23)34-27(29)15-13-20-17-21(19-22(18-20)36(31,32)33)14-16-28-30(4-2)24-10-6-8-12-26(24)35-28/h5-17,22H,3-4,18-19H2,1-2H3/p+1. The number of rotatable bonds is 6. The molecule has 0 radical (unpaired) electrons. The molecule has 5 rings (SSSR count). The molecule has 2 aromatic carbocycles. The molecule has 1 aliphatic heterocycles. The molecule has 1 N–H and O–H groups in total. The second-order valence-corrected chi connectivity index (χ2v) is 12.6. The fourth-order valence-electron chi connectivity index (χ4n) is 4.76. The van der Waals surface area contributed by atoms with Crippen molar-refractivity contribution in [3.05, 3.63) is 94.0 Å². The second kappa shape index (κ2) is 10.4. The number of aryl methyl sites for hydroxylation is 1. The van der Waals surface area contributed by atoms with Gasteiger partial charge in [0.05, 0.1) is 16.0 Å².